The predicted molar refractivity (Wildman–Crippen MR) is 116 cm³/mol. The highest BCUT2D eigenvalue weighted by Gasteiger charge is 2.29. The average molecular weight is 458 g/mol. The van der Waals surface area contributed by atoms with Crippen molar-refractivity contribution in [2.45, 2.75) is 18.8 Å². The number of piperazine rings is 1. The Morgan fingerprint density at radius 1 is 1.08 bits per heavy atom. The quantitative estimate of drug-likeness (QED) is 0.589. The molecule has 26 heavy (non-hydrogen) atoms. The molecule has 1 aromatic carbocycles. The molecule has 3 heterocycles. The van der Waals surface area contributed by atoms with Crippen LogP contribution in [-0.4, -0.2) is 48.1 Å². The normalized spacial score (nSPS) is 18.6. The number of anilines is 1. The van der Waals surface area contributed by atoms with Crippen molar-refractivity contribution in [3.63, 3.8) is 0 Å². The third-order valence-electron chi connectivity index (χ3n) is 5.70. The molecule has 5 heteroatoms. The lowest BCUT2D eigenvalue weighted by atomic mass is 9.99. The number of hydrogen-bond acceptors (Lipinski definition) is 3. The number of aromatic amines is 1. The zero-order chi connectivity index (χ0) is 17.7. The smallest absolute Gasteiger partial charge is 0.138 e. The molecule has 4 nitrogen and oxygen atoms in total. The van der Waals surface area contributed by atoms with Crippen LogP contribution in [0, 0.1) is 3.57 Å². The van der Waals surface area contributed by atoms with Gasteiger partial charge in [-0.2, -0.15) is 0 Å². The number of pyridine rings is 1. The summed E-state index contributed by atoms with van der Waals surface area (Å²) in [6, 6.07) is 9.32. The van der Waals surface area contributed by atoms with E-state index in [0.29, 0.717) is 0 Å². The molecule has 2 fully saturated rings. The molecular formula is C21H23IN4. The van der Waals surface area contributed by atoms with Crippen molar-refractivity contribution < 1.29 is 0 Å². The molecule has 1 saturated carbocycles. The van der Waals surface area contributed by atoms with E-state index in [1.807, 2.05) is 12.4 Å². The summed E-state index contributed by atoms with van der Waals surface area (Å²) in [5.74, 6) is 0.744. The van der Waals surface area contributed by atoms with E-state index in [0.717, 1.165) is 37.7 Å². The van der Waals surface area contributed by atoms with Gasteiger partial charge in [0.25, 0.3) is 0 Å². The highest BCUT2D eigenvalue weighted by Crippen LogP contribution is 2.46. The van der Waals surface area contributed by atoms with Crippen LogP contribution in [0.3, 0.4) is 0 Å². The van der Waals surface area contributed by atoms with Crippen molar-refractivity contribution in [2.24, 2.45) is 0 Å². The Labute approximate surface area is 167 Å². The third kappa shape index (κ3) is 3.01. The standard InChI is InChI=1S/C21H23IN4/c1-25-6-8-26(9-7-25)20-5-4-15(10-17(20)14-2-3-14)16-11-18-19(22)13-24-21(18)23-12-16/h4-5,10-14H,2-3,6-9H2,1H3,(H,23,24). The summed E-state index contributed by atoms with van der Waals surface area (Å²) >= 11 is 2.37. The Bertz CT molecular complexity index is 952. The van der Waals surface area contributed by atoms with Gasteiger partial charge in [-0.25, -0.2) is 4.98 Å². The number of hydrogen-bond donors (Lipinski definition) is 1. The van der Waals surface area contributed by atoms with E-state index < -0.39 is 0 Å². The van der Waals surface area contributed by atoms with Crippen molar-refractivity contribution in [3.8, 4) is 11.1 Å². The lowest BCUT2D eigenvalue weighted by Gasteiger charge is -2.35. The minimum absolute atomic E-state index is 0.744. The van der Waals surface area contributed by atoms with Crippen molar-refractivity contribution in [2.75, 3.05) is 38.1 Å². The monoisotopic (exact) mass is 458 g/mol. The lowest BCUT2D eigenvalue weighted by Crippen LogP contribution is -2.44. The number of benzene rings is 1. The van der Waals surface area contributed by atoms with Gasteiger partial charge in [-0.1, -0.05) is 6.07 Å². The molecule has 1 N–H and O–H groups in total. The van der Waals surface area contributed by atoms with Crippen molar-refractivity contribution in [3.05, 3.63) is 45.8 Å². The maximum atomic E-state index is 4.61. The largest absolute Gasteiger partial charge is 0.369 e. The van der Waals surface area contributed by atoms with Gasteiger partial charge in [-0.3, -0.25) is 0 Å². The molecule has 2 aliphatic rings. The fourth-order valence-corrected chi connectivity index (χ4v) is 4.49. The van der Waals surface area contributed by atoms with Gasteiger partial charge in [0, 0.05) is 58.8 Å². The zero-order valence-corrected chi connectivity index (χ0v) is 17.2. The number of H-pyrrole nitrogens is 1. The van der Waals surface area contributed by atoms with Crippen molar-refractivity contribution in [1.29, 1.82) is 0 Å². The van der Waals surface area contributed by atoms with E-state index in [2.05, 4.69) is 73.7 Å². The van der Waals surface area contributed by atoms with Crippen molar-refractivity contribution in [1.82, 2.24) is 14.9 Å². The number of likely N-dealkylation sites (N-methyl/N-ethyl adjacent to an activating group) is 1. The fraction of sp³-hybridized carbons (Fsp3) is 0.381. The van der Waals surface area contributed by atoms with E-state index in [1.54, 1.807) is 0 Å². The first kappa shape index (κ1) is 16.6. The number of nitrogens with one attached hydrogen (secondary N) is 1. The van der Waals surface area contributed by atoms with Gasteiger partial charge in [-0.15, -0.1) is 0 Å². The summed E-state index contributed by atoms with van der Waals surface area (Å²) in [7, 11) is 2.22. The van der Waals surface area contributed by atoms with Gasteiger partial charge in [0.15, 0.2) is 0 Å². The highest BCUT2D eigenvalue weighted by molar-refractivity contribution is 14.1. The van der Waals surface area contributed by atoms with Gasteiger partial charge >= 0.3 is 0 Å². The maximum Gasteiger partial charge on any atom is 0.138 e. The summed E-state index contributed by atoms with van der Waals surface area (Å²) < 4.78 is 1.23. The topological polar surface area (TPSA) is 35.2 Å². The molecule has 0 bridgehead atoms. The van der Waals surface area contributed by atoms with E-state index in [9.17, 15) is 0 Å². The number of halogens is 1. The third-order valence-corrected chi connectivity index (χ3v) is 6.60. The van der Waals surface area contributed by atoms with Crippen molar-refractivity contribution >= 4 is 39.3 Å². The van der Waals surface area contributed by atoms with Crippen LogP contribution in [0.4, 0.5) is 5.69 Å². The first-order chi connectivity index (χ1) is 12.7. The minimum Gasteiger partial charge on any atom is -0.369 e. The second kappa shape index (κ2) is 6.53. The Morgan fingerprint density at radius 3 is 2.65 bits per heavy atom. The van der Waals surface area contributed by atoms with Gasteiger partial charge < -0.3 is 14.8 Å². The Kier molecular flexibility index (Phi) is 4.16. The minimum atomic E-state index is 0.744. The van der Waals surface area contributed by atoms with Crippen LogP contribution in [0.15, 0.2) is 36.7 Å². The molecule has 0 atom stereocenters. The molecule has 2 aromatic heterocycles. The number of aromatic nitrogens is 2. The molecule has 0 amide bonds. The molecule has 1 saturated heterocycles. The summed E-state index contributed by atoms with van der Waals surface area (Å²) in [4.78, 5) is 12.8. The predicted octanol–water partition coefficient (Wildman–Crippen LogP) is 4.46. The van der Waals surface area contributed by atoms with Gasteiger partial charge in [0.1, 0.15) is 5.65 Å². The molecule has 0 radical (unpaired) electrons. The molecule has 0 spiro atoms. The van der Waals surface area contributed by atoms with E-state index >= 15 is 0 Å². The Morgan fingerprint density at radius 2 is 1.88 bits per heavy atom. The van der Waals surface area contributed by atoms with E-state index in [4.69, 9.17) is 0 Å². The molecule has 5 rings (SSSR count). The first-order valence-corrected chi connectivity index (χ1v) is 10.5. The first-order valence-electron chi connectivity index (χ1n) is 9.39. The second-order valence-electron chi connectivity index (χ2n) is 7.59. The number of nitrogens with zero attached hydrogens (tertiary/aromatic N) is 3. The molecule has 134 valence electrons. The molecule has 1 aliphatic heterocycles. The Balaban J connectivity index is 1.53. The van der Waals surface area contributed by atoms with E-state index in [1.165, 1.54) is 44.2 Å². The summed E-state index contributed by atoms with van der Waals surface area (Å²) in [5.41, 5.74) is 6.46. The molecular weight excluding hydrogens is 435 g/mol. The highest BCUT2D eigenvalue weighted by atomic mass is 127. The second-order valence-corrected chi connectivity index (χ2v) is 8.76. The molecule has 0 unspecified atom stereocenters. The zero-order valence-electron chi connectivity index (χ0n) is 15.0. The van der Waals surface area contributed by atoms with Gasteiger partial charge in [0.2, 0.25) is 0 Å². The van der Waals surface area contributed by atoms with Crippen LogP contribution < -0.4 is 4.90 Å². The van der Waals surface area contributed by atoms with Gasteiger partial charge in [-0.05, 0) is 77.7 Å². The molecule has 1 aliphatic carbocycles. The van der Waals surface area contributed by atoms with Gasteiger partial charge in [0.05, 0.1) is 0 Å². The van der Waals surface area contributed by atoms with Crippen LogP contribution in [0.2, 0.25) is 0 Å². The van der Waals surface area contributed by atoms with Crippen LogP contribution in [-0.2, 0) is 0 Å². The molecule has 3 aromatic rings. The SMILES string of the molecule is CN1CCN(c2ccc(-c3cnc4[nH]cc(I)c4c3)cc2C2CC2)CC1. The summed E-state index contributed by atoms with van der Waals surface area (Å²) in [6.07, 6.45) is 6.68. The maximum absolute atomic E-state index is 4.61. The summed E-state index contributed by atoms with van der Waals surface area (Å²) in [6.45, 7) is 4.56. The van der Waals surface area contributed by atoms with Crippen LogP contribution >= 0.6 is 22.6 Å². The average Bonchev–Trinajstić information content (AvgIpc) is 3.46. The van der Waals surface area contributed by atoms with Crippen LogP contribution in [0.1, 0.15) is 24.3 Å². The van der Waals surface area contributed by atoms with Crippen LogP contribution in [0.5, 0.6) is 0 Å². The fourth-order valence-electron chi connectivity index (χ4n) is 3.92. The summed E-state index contributed by atoms with van der Waals surface area (Å²) in [5, 5.41) is 1.21. The number of fused-ring (bicyclic) bond motifs is 1. The van der Waals surface area contributed by atoms with E-state index in [-0.39, 0.29) is 0 Å². The van der Waals surface area contributed by atoms with Crippen LogP contribution in [0.25, 0.3) is 22.2 Å². The Hall–Kier alpha value is -1.60. The number of rotatable bonds is 3. The lowest BCUT2D eigenvalue weighted by molar-refractivity contribution is 0.312.